The van der Waals surface area contributed by atoms with Gasteiger partial charge in [-0.3, -0.25) is 4.79 Å². The van der Waals surface area contributed by atoms with Crippen molar-refractivity contribution in [1.29, 1.82) is 0 Å². The summed E-state index contributed by atoms with van der Waals surface area (Å²) in [7, 11) is -3.85. The smallest absolute Gasteiger partial charge is 0.275 e. The Bertz CT molecular complexity index is 2100. The Morgan fingerprint density at radius 2 is 1.52 bits per heavy atom. The molecule has 0 atom stereocenters. The van der Waals surface area contributed by atoms with Gasteiger partial charge >= 0.3 is 0 Å². The summed E-state index contributed by atoms with van der Waals surface area (Å²) in [6, 6.07) is 19.7. The molecule has 5 heterocycles. The third kappa shape index (κ3) is 6.87. The summed E-state index contributed by atoms with van der Waals surface area (Å²) in [6.07, 6.45) is 9.98. The molecule has 6 aromatic rings. The highest BCUT2D eigenvalue weighted by Gasteiger charge is 2.22. The van der Waals surface area contributed by atoms with E-state index >= 15 is 0 Å². The molecule has 3 aromatic heterocycles. The number of nitrogens with zero attached hydrogens (tertiary/aromatic N) is 2. The maximum absolute atomic E-state index is 13.5. The van der Waals surface area contributed by atoms with E-state index in [0.29, 0.717) is 27.7 Å². The van der Waals surface area contributed by atoms with Gasteiger partial charge in [-0.2, -0.15) is 0 Å². The number of benzene rings is 3. The fourth-order valence-electron chi connectivity index (χ4n) is 5.43. The van der Waals surface area contributed by atoms with Gasteiger partial charge in [-0.25, -0.2) is 17.4 Å². The van der Waals surface area contributed by atoms with E-state index in [4.69, 9.17) is 9.47 Å². The number of rotatable bonds is 4. The lowest BCUT2D eigenvalue weighted by atomic mass is 10.1. The van der Waals surface area contributed by atoms with Gasteiger partial charge in [0.05, 0.1) is 22.3 Å². The van der Waals surface area contributed by atoms with E-state index in [1.54, 1.807) is 48.8 Å². The number of aryl methyl sites for hydroxylation is 1. The molecule has 3 aromatic carbocycles. The zero-order valence-corrected chi connectivity index (χ0v) is 27.9. The molecule has 2 aliphatic heterocycles. The van der Waals surface area contributed by atoms with Crippen molar-refractivity contribution in [2.75, 3.05) is 26.4 Å². The second-order valence-electron chi connectivity index (χ2n) is 11.2. The number of nitrogens with one attached hydrogen (secondary N) is 2. The van der Waals surface area contributed by atoms with E-state index in [1.165, 1.54) is 35.9 Å². The molecule has 0 saturated carbocycles. The minimum absolute atomic E-state index is 0.188. The van der Waals surface area contributed by atoms with Gasteiger partial charge in [0.25, 0.3) is 15.6 Å². The third-order valence-corrected chi connectivity index (χ3v) is 10.1. The number of para-hydroxylation sites is 1. The van der Waals surface area contributed by atoms with Gasteiger partial charge in [0.15, 0.2) is 0 Å². The zero-order chi connectivity index (χ0) is 32.1. The molecule has 2 N–H and O–H groups in total. The van der Waals surface area contributed by atoms with Gasteiger partial charge in [-0.15, -0.1) is 0 Å². The molecule has 0 radical (unpaired) electrons. The number of H-pyrrole nitrogens is 2. The third-order valence-electron chi connectivity index (χ3n) is 7.89. The van der Waals surface area contributed by atoms with Crippen molar-refractivity contribution < 1.29 is 17.9 Å². The summed E-state index contributed by atoms with van der Waals surface area (Å²) in [5.74, 6) is 0. The first-order valence-electron chi connectivity index (χ1n) is 15.3. The van der Waals surface area contributed by atoms with E-state index in [2.05, 4.69) is 30.9 Å². The highest BCUT2D eigenvalue weighted by molar-refractivity contribution is 9.10. The Morgan fingerprint density at radius 3 is 2.15 bits per heavy atom. The van der Waals surface area contributed by atoms with Crippen LogP contribution >= 0.6 is 15.9 Å². The maximum Gasteiger partial charge on any atom is 0.275 e. The molecule has 0 spiro atoms. The normalized spacial score (nSPS) is 14.6. The SMILES string of the molecule is C1CCOC1.C1CCOC1.Cc1ccc(S(=O)(=O)n2cc(-c3cnc(-c4c[nH]c5cc(Br)ccc45)c(=O)[nH]3)c3ccccc32)cc1. The first-order chi connectivity index (χ1) is 22.3. The van der Waals surface area contributed by atoms with Crippen LogP contribution in [-0.4, -0.2) is 53.8 Å². The number of aromatic amines is 2. The lowest BCUT2D eigenvalue weighted by Gasteiger charge is -2.07. The average molecular weight is 704 g/mol. The first-order valence-corrected chi connectivity index (χ1v) is 17.5. The van der Waals surface area contributed by atoms with Crippen LogP contribution in [0.25, 0.3) is 44.3 Å². The summed E-state index contributed by atoms with van der Waals surface area (Å²) < 4.78 is 39.1. The fraction of sp³-hybridized carbons (Fsp3) is 0.257. The van der Waals surface area contributed by atoms with Crippen molar-refractivity contribution in [2.45, 2.75) is 37.5 Å². The van der Waals surface area contributed by atoms with Crippen molar-refractivity contribution in [3.05, 3.63) is 106 Å². The molecule has 0 unspecified atom stereocenters. The zero-order valence-electron chi connectivity index (χ0n) is 25.5. The van der Waals surface area contributed by atoms with Gasteiger partial charge in [0, 0.05) is 70.7 Å². The van der Waals surface area contributed by atoms with Crippen molar-refractivity contribution in [2.24, 2.45) is 0 Å². The van der Waals surface area contributed by atoms with Crippen LogP contribution in [0.5, 0.6) is 0 Å². The lowest BCUT2D eigenvalue weighted by Crippen LogP contribution is -2.12. The van der Waals surface area contributed by atoms with Gasteiger partial charge in [-0.05, 0) is 62.9 Å². The standard InChI is InChI=1S/C27H19BrN4O3S.2C4H8O/c1-16-6-9-18(10-7-16)36(34,35)32-15-22(20-4-2-3-5-25(20)32)24-14-30-26(27(33)31-24)21-13-29-23-12-17(28)8-11-19(21)23;2*1-2-4-5-3-1/h2-15,29H,1H3,(H,31,33);2*1-4H2. The van der Waals surface area contributed by atoms with E-state index in [1.807, 2.05) is 37.3 Å². The topological polar surface area (TPSA) is 119 Å². The molecule has 46 heavy (non-hydrogen) atoms. The number of fused-ring (bicyclic) bond motifs is 2. The van der Waals surface area contributed by atoms with Crippen LogP contribution in [0.1, 0.15) is 31.2 Å². The molecule has 11 heteroatoms. The summed E-state index contributed by atoms with van der Waals surface area (Å²) in [5, 5.41) is 1.57. The van der Waals surface area contributed by atoms with E-state index in [9.17, 15) is 13.2 Å². The second-order valence-corrected chi connectivity index (χ2v) is 13.9. The Kier molecular flexibility index (Phi) is 9.83. The Labute approximate surface area is 275 Å². The number of hydrogen-bond donors (Lipinski definition) is 2. The Morgan fingerprint density at radius 1 is 0.848 bits per heavy atom. The van der Waals surface area contributed by atoms with Crippen LogP contribution in [0, 0.1) is 6.92 Å². The van der Waals surface area contributed by atoms with E-state index in [0.717, 1.165) is 47.4 Å². The van der Waals surface area contributed by atoms with E-state index in [-0.39, 0.29) is 16.1 Å². The molecular weight excluding hydrogens is 668 g/mol. The molecule has 2 aliphatic rings. The minimum atomic E-state index is -3.85. The summed E-state index contributed by atoms with van der Waals surface area (Å²) in [6.45, 7) is 5.90. The molecular formula is C35H35BrN4O5S. The van der Waals surface area contributed by atoms with Crippen LogP contribution in [0.3, 0.4) is 0 Å². The summed E-state index contributed by atoms with van der Waals surface area (Å²) in [5.41, 5.74) is 3.97. The van der Waals surface area contributed by atoms with Crippen molar-refractivity contribution in [1.82, 2.24) is 18.9 Å². The Hall–Kier alpha value is -4.03. The van der Waals surface area contributed by atoms with Crippen molar-refractivity contribution >= 4 is 47.8 Å². The quantitative estimate of drug-likeness (QED) is 0.197. The fourth-order valence-corrected chi connectivity index (χ4v) is 7.16. The number of aromatic nitrogens is 4. The molecule has 0 amide bonds. The molecule has 9 nitrogen and oxygen atoms in total. The van der Waals surface area contributed by atoms with Gasteiger partial charge in [0.2, 0.25) is 0 Å². The first kappa shape index (κ1) is 31.9. The minimum Gasteiger partial charge on any atom is -0.381 e. The Balaban J connectivity index is 0.000000316. The predicted octanol–water partition coefficient (Wildman–Crippen LogP) is 7.44. The van der Waals surface area contributed by atoms with E-state index < -0.39 is 10.0 Å². The molecule has 8 rings (SSSR count). The van der Waals surface area contributed by atoms with Crippen LogP contribution in [0.15, 0.2) is 99.5 Å². The largest absolute Gasteiger partial charge is 0.381 e. The lowest BCUT2D eigenvalue weighted by molar-refractivity contribution is 0.198. The van der Waals surface area contributed by atoms with Crippen LogP contribution in [0.4, 0.5) is 0 Å². The number of ether oxygens (including phenoxy) is 2. The van der Waals surface area contributed by atoms with Crippen LogP contribution < -0.4 is 5.56 Å². The van der Waals surface area contributed by atoms with Crippen LogP contribution in [-0.2, 0) is 19.5 Å². The van der Waals surface area contributed by atoms with Gasteiger partial charge < -0.3 is 19.4 Å². The van der Waals surface area contributed by atoms with Crippen molar-refractivity contribution in [3.8, 4) is 22.5 Å². The highest BCUT2D eigenvalue weighted by atomic mass is 79.9. The van der Waals surface area contributed by atoms with Crippen molar-refractivity contribution in [3.63, 3.8) is 0 Å². The monoisotopic (exact) mass is 702 g/mol. The molecule has 238 valence electrons. The highest BCUT2D eigenvalue weighted by Crippen LogP contribution is 2.33. The van der Waals surface area contributed by atoms with Gasteiger partial charge in [-0.1, -0.05) is 57.9 Å². The number of hydrogen-bond acceptors (Lipinski definition) is 6. The number of halogens is 1. The summed E-state index contributed by atoms with van der Waals surface area (Å²) >= 11 is 3.45. The second kappa shape index (κ2) is 14.2. The molecule has 2 saturated heterocycles. The van der Waals surface area contributed by atoms with Crippen LogP contribution in [0.2, 0.25) is 0 Å². The van der Waals surface area contributed by atoms with Gasteiger partial charge in [0.1, 0.15) is 5.69 Å². The molecule has 0 bridgehead atoms. The molecule has 0 aliphatic carbocycles. The maximum atomic E-state index is 13.5. The summed E-state index contributed by atoms with van der Waals surface area (Å²) in [4.78, 5) is 23.9. The molecule has 2 fully saturated rings. The predicted molar refractivity (Wildman–Crippen MR) is 185 cm³/mol. The average Bonchev–Trinajstić information content (AvgIpc) is 3.90.